The van der Waals surface area contributed by atoms with Gasteiger partial charge in [0.15, 0.2) is 4.91 Å². The fourth-order valence-electron chi connectivity index (χ4n) is 3.72. The van der Waals surface area contributed by atoms with Crippen LogP contribution in [0.3, 0.4) is 0 Å². The highest BCUT2D eigenvalue weighted by Gasteiger charge is 2.42. The number of carbonyl (C=O) groups excluding carboxylic acids is 1. The van der Waals surface area contributed by atoms with Gasteiger partial charge in [-0.05, 0) is 55.7 Å². The van der Waals surface area contributed by atoms with Gasteiger partial charge in [-0.3, -0.25) is 4.79 Å². The van der Waals surface area contributed by atoms with Crippen molar-refractivity contribution < 1.29 is 22.0 Å². The van der Waals surface area contributed by atoms with Crippen LogP contribution in [0.2, 0.25) is 0 Å². The molecule has 146 valence electrons. The molecule has 5 nitrogen and oxygen atoms in total. The molecule has 1 amide bonds. The van der Waals surface area contributed by atoms with Crippen molar-refractivity contribution in [2.45, 2.75) is 30.7 Å². The molecule has 1 N–H and O–H groups in total. The molecule has 1 atom stereocenters. The normalized spacial score (nSPS) is 18.5. The van der Waals surface area contributed by atoms with Crippen molar-refractivity contribution in [2.24, 2.45) is 0 Å². The average Bonchev–Trinajstić information content (AvgIpc) is 3.11. The fraction of sp³-hybridized carbons (Fsp3) is 0.250. The van der Waals surface area contributed by atoms with E-state index < -0.39 is 33.4 Å². The third-order valence-electron chi connectivity index (χ3n) is 5.08. The molecule has 0 spiro atoms. The van der Waals surface area contributed by atoms with Crippen molar-refractivity contribution >= 4 is 21.4 Å². The number of sulfone groups is 1. The molecule has 0 saturated carbocycles. The number of amides is 1. The Morgan fingerprint density at radius 3 is 2.50 bits per heavy atom. The maximum Gasteiger partial charge on any atom is 0.265 e. The molecule has 4 rings (SSSR count). The Balaban J connectivity index is 1.73. The summed E-state index contributed by atoms with van der Waals surface area (Å²) >= 11 is 0. The third kappa shape index (κ3) is 2.97. The van der Waals surface area contributed by atoms with Gasteiger partial charge >= 0.3 is 0 Å². The van der Waals surface area contributed by atoms with E-state index in [9.17, 15) is 22.0 Å². The van der Waals surface area contributed by atoms with Gasteiger partial charge in [-0.2, -0.15) is 0 Å². The van der Waals surface area contributed by atoms with Crippen molar-refractivity contribution in [3.63, 3.8) is 0 Å². The first-order chi connectivity index (χ1) is 13.3. The molecule has 1 unspecified atom stereocenters. The first-order valence-electron chi connectivity index (χ1n) is 8.90. The second-order valence-electron chi connectivity index (χ2n) is 6.89. The summed E-state index contributed by atoms with van der Waals surface area (Å²) in [6.07, 6.45) is 1.15. The van der Waals surface area contributed by atoms with Gasteiger partial charge in [0.2, 0.25) is 9.84 Å². The Bertz CT molecular complexity index is 1090. The molecular formula is C20H18F2N2O3S. The molecule has 8 heteroatoms. The molecule has 2 aromatic rings. The number of anilines is 1. The number of carbonyl (C=O) groups is 1. The lowest BCUT2D eigenvalue weighted by Gasteiger charge is -2.30. The largest absolute Gasteiger partial charge is 0.345 e. The van der Waals surface area contributed by atoms with Crippen LogP contribution in [-0.4, -0.2) is 20.9 Å². The van der Waals surface area contributed by atoms with Crippen LogP contribution in [0.4, 0.5) is 14.5 Å². The smallest absolute Gasteiger partial charge is 0.265 e. The number of hydrogen-bond acceptors (Lipinski definition) is 4. The van der Waals surface area contributed by atoms with Gasteiger partial charge in [0, 0.05) is 12.2 Å². The molecule has 1 saturated heterocycles. The molecule has 28 heavy (non-hydrogen) atoms. The van der Waals surface area contributed by atoms with Gasteiger partial charge in [-0.25, -0.2) is 17.2 Å². The number of allylic oxidation sites excluding steroid dienone is 1. The summed E-state index contributed by atoms with van der Waals surface area (Å²) in [5.41, 5.74) is 1.48. The summed E-state index contributed by atoms with van der Waals surface area (Å²) in [6, 6.07) is 8.68. The van der Waals surface area contributed by atoms with E-state index in [1.807, 2.05) is 0 Å². The van der Waals surface area contributed by atoms with Crippen LogP contribution < -0.4 is 10.2 Å². The number of hydrogen-bond donors (Lipinski definition) is 1. The minimum absolute atomic E-state index is 0.197. The van der Waals surface area contributed by atoms with Crippen LogP contribution in [0, 0.1) is 11.6 Å². The number of nitrogens with one attached hydrogen (secondary N) is 1. The van der Waals surface area contributed by atoms with E-state index in [1.165, 1.54) is 36.4 Å². The summed E-state index contributed by atoms with van der Waals surface area (Å²) in [5, 5.41) is 2.68. The average molecular weight is 404 g/mol. The second kappa shape index (κ2) is 6.70. The van der Waals surface area contributed by atoms with E-state index in [-0.39, 0.29) is 9.80 Å². The molecule has 2 aromatic carbocycles. The van der Waals surface area contributed by atoms with Crippen molar-refractivity contribution in [2.75, 3.05) is 11.4 Å². The van der Waals surface area contributed by atoms with E-state index in [4.69, 9.17) is 0 Å². The van der Waals surface area contributed by atoms with Gasteiger partial charge in [0.05, 0.1) is 16.6 Å². The number of rotatable bonds is 3. The highest BCUT2D eigenvalue weighted by Crippen LogP contribution is 2.43. The van der Waals surface area contributed by atoms with Crippen molar-refractivity contribution in [1.82, 2.24) is 5.32 Å². The maximum absolute atomic E-state index is 13.7. The molecule has 2 aliphatic heterocycles. The summed E-state index contributed by atoms with van der Waals surface area (Å²) in [4.78, 5) is 14.2. The highest BCUT2D eigenvalue weighted by molar-refractivity contribution is 7.96. The summed E-state index contributed by atoms with van der Waals surface area (Å²) < 4.78 is 53.1. The van der Waals surface area contributed by atoms with E-state index in [2.05, 4.69) is 5.32 Å². The zero-order chi connectivity index (χ0) is 20.1. The lowest BCUT2D eigenvalue weighted by molar-refractivity contribution is -0.117. The Kier molecular flexibility index (Phi) is 4.45. The first-order valence-corrected chi connectivity index (χ1v) is 10.4. The summed E-state index contributed by atoms with van der Waals surface area (Å²) in [5.74, 6) is -1.82. The number of benzene rings is 2. The van der Waals surface area contributed by atoms with E-state index in [0.717, 1.165) is 6.07 Å². The number of halogens is 2. The number of fused-ring (bicyclic) bond motifs is 3. The standard InChI is InChI=1S/C20H18F2N2O3S/c1-12(13-4-6-14(21)7-5-13)23-20(25)19-17-3-2-10-24(17)16-9-8-15(22)11-18(16)28(19,26)27/h4-9,11-12H,2-3,10H2,1H3,(H,23,25). The molecule has 2 aliphatic rings. The Labute approximate surface area is 161 Å². The van der Waals surface area contributed by atoms with Crippen molar-refractivity contribution in [3.05, 3.63) is 70.3 Å². The molecule has 0 aliphatic carbocycles. The molecule has 0 bridgehead atoms. The Morgan fingerprint density at radius 2 is 1.79 bits per heavy atom. The molecule has 2 heterocycles. The lowest BCUT2D eigenvalue weighted by atomic mass is 10.1. The zero-order valence-electron chi connectivity index (χ0n) is 15.1. The molecule has 0 aromatic heterocycles. The predicted octanol–water partition coefficient (Wildman–Crippen LogP) is 3.44. The van der Waals surface area contributed by atoms with Gasteiger partial charge < -0.3 is 10.2 Å². The monoisotopic (exact) mass is 404 g/mol. The van der Waals surface area contributed by atoms with E-state index >= 15 is 0 Å². The molecule has 0 radical (unpaired) electrons. The fourth-order valence-corrected chi connectivity index (χ4v) is 5.48. The van der Waals surface area contributed by atoms with Crippen LogP contribution >= 0.6 is 0 Å². The first kappa shape index (κ1) is 18.6. The highest BCUT2D eigenvalue weighted by atomic mass is 32.2. The van der Waals surface area contributed by atoms with Gasteiger partial charge in [-0.15, -0.1) is 0 Å². The van der Waals surface area contributed by atoms with Gasteiger partial charge in [0.1, 0.15) is 11.6 Å². The van der Waals surface area contributed by atoms with Crippen LogP contribution in [-0.2, 0) is 14.6 Å². The van der Waals surface area contributed by atoms with E-state index in [1.54, 1.807) is 11.8 Å². The zero-order valence-corrected chi connectivity index (χ0v) is 15.9. The minimum atomic E-state index is -4.17. The quantitative estimate of drug-likeness (QED) is 0.851. The predicted molar refractivity (Wildman–Crippen MR) is 100 cm³/mol. The minimum Gasteiger partial charge on any atom is -0.345 e. The van der Waals surface area contributed by atoms with Crippen LogP contribution in [0.5, 0.6) is 0 Å². The molecular weight excluding hydrogens is 386 g/mol. The SMILES string of the molecule is CC(NC(=O)C1=C2CCCN2c2ccc(F)cc2S1(=O)=O)c1ccc(F)cc1. The topological polar surface area (TPSA) is 66.5 Å². The Hall–Kier alpha value is -2.74. The van der Waals surface area contributed by atoms with Gasteiger partial charge in [-0.1, -0.05) is 12.1 Å². The van der Waals surface area contributed by atoms with Crippen LogP contribution in [0.15, 0.2) is 58.0 Å². The van der Waals surface area contributed by atoms with Crippen LogP contribution in [0.1, 0.15) is 31.4 Å². The third-order valence-corrected chi connectivity index (χ3v) is 6.94. The second-order valence-corrected chi connectivity index (χ2v) is 8.75. The summed E-state index contributed by atoms with van der Waals surface area (Å²) in [6.45, 7) is 2.25. The van der Waals surface area contributed by atoms with E-state index in [0.29, 0.717) is 36.3 Å². The van der Waals surface area contributed by atoms with Gasteiger partial charge in [0.25, 0.3) is 5.91 Å². The summed E-state index contributed by atoms with van der Waals surface area (Å²) in [7, 11) is -4.17. The lowest BCUT2D eigenvalue weighted by Crippen LogP contribution is -2.36. The van der Waals surface area contributed by atoms with Crippen molar-refractivity contribution in [3.8, 4) is 0 Å². The van der Waals surface area contributed by atoms with Crippen LogP contribution in [0.25, 0.3) is 0 Å². The molecule has 1 fully saturated rings. The maximum atomic E-state index is 13.7. The van der Waals surface area contributed by atoms with Crippen molar-refractivity contribution in [1.29, 1.82) is 0 Å². The number of nitrogens with zero attached hydrogens (tertiary/aromatic N) is 1. The Morgan fingerprint density at radius 1 is 1.11 bits per heavy atom.